The molecule has 2 N–H and O–H groups in total. The second-order valence-corrected chi connectivity index (χ2v) is 4.70. The third-order valence-corrected chi connectivity index (χ3v) is 3.12. The third kappa shape index (κ3) is 3.18. The van der Waals surface area contributed by atoms with Gasteiger partial charge in [0, 0.05) is 13.2 Å². The Balaban J connectivity index is 2.21. The summed E-state index contributed by atoms with van der Waals surface area (Å²) in [5, 5.41) is 5.79. The highest BCUT2D eigenvalue weighted by molar-refractivity contribution is 6.34. The van der Waals surface area contributed by atoms with Gasteiger partial charge in [-0.2, -0.15) is 0 Å². The third-order valence-electron chi connectivity index (χ3n) is 2.52. The molecule has 20 heavy (non-hydrogen) atoms. The van der Waals surface area contributed by atoms with Crippen molar-refractivity contribution in [3.63, 3.8) is 0 Å². The molecule has 0 aliphatic heterocycles. The molecule has 0 aliphatic carbocycles. The van der Waals surface area contributed by atoms with Crippen molar-refractivity contribution in [3.05, 3.63) is 51.9 Å². The van der Waals surface area contributed by atoms with Crippen LogP contribution in [0.5, 0.6) is 0 Å². The van der Waals surface area contributed by atoms with Crippen molar-refractivity contribution in [2.45, 2.75) is 0 Å². The van der Waals surface area contributed by atoms with Gasteiger partial charge in [0.15, 0.2) is 0 Å². The molecule has 0 atom stereocenters. The van der Waals surface area contributed by atoms with Crippen LogP contribution in [0.4, 0.5) is 15.9 Å². The molecule has 1 amide bonds. The van der Waals surface area contributed by atoms with E-state index in [1.54, 1.807) is 7.05 Å². The maximum absolute atomic E-state index is 12.9. The molecule has 4 nitrogen and oxygen atoms in total. The molecule has 0 unspecified atom stereocenters. The van der Waals surface area contributed by atoms with E-state index in [-0.39, 0.29) is 10.6 Å². The average Bonchev–Trinajstić information content (AvgIpc) is 2.41. The Morgan fingerprint density at radius 1 is 1.25 bits per heavy atom. The minimum Gasteiger partial charge on any atom is -0.372 e. The molecule has 0 radical (unpaired) electrons. The summed E-state index contributed by atoms with van der Waals surface area (Å²) in [5.74, 6) is -0.435. The molecule has 0 fully saturated rings. The number of hydrogen-bond acceptors (Lipinski definition) is 3. The number of halogens is 3. The van der Waals surface area contributed by atoms with Gasteiger partial charge in [-0.05, 0) is 24.3 Å². The van der Waals surface area contributed by atoms with E-state index in [1.165, 1.54) is 24.4 Å². The fourth-order valence-corrected chi connectivity index (χ4v) is 2.01. The van der Waals surface area contributed by atoms with Gasteiger partial charge in [-0.15, -0.1) is 0 Å². The molecule has 0 spiro atoms. The van der Waals surface area contributed by atoms with Gasteiger partial charge in [-0.25, -0.2) is 9.37 Å². The van der Waals surface area contributed by atoms with Crippen molar-refractivity contribution in [2.75, 3.05) is 17.7 Å². The van der Waals surface area contributed by atoms with E-state index >= 15 is 0 Å². The Morgan fingerprint density at radius 3 is 2.60 bits per heavy atom. The number of nitrogens with zero attached hydrogens (tertiary/aromatic N) is 1. The van der Waals surface area contributed by atoms with E-state index in [4.69, 9.17) is 23.2 Å². The molecule has 0 saturated carbocycles. The highest BCUT2D eigenvalue weighted by atomic mass is 35.5. The monoisotopic (exact) mass is 313 g/mol. The quantitative estimate of drug-likeness (QED) is 0.905. The van der Waals surface area contributed by atoms with Gasteiger partial charge in [0.1, 0.15) is 11.6 Å². The number of amides is 1. The minimum absolute atomic E-state index is 0.115. The molecule has 104 valence electrons. The van der Waals surface area contributed by atoms with Gasteiger partial charge in [-0.3, -0.25) is 4.79 Å². The lowest BCUT2D eigenvalue weighted by molar-refractivity contribution is 0.102. The summed E-state index contributed by atoms with van der Waals surface area (Å²) in [5.41, 5.74) is 0.585. The number of anilines is 2. The number of nitrogens with one attached hydrogen (secondary N) is 2. The first-order valence-corrected chi connectivity index (χ1v) is 6.36. The summed E-state index contributed by atoms with van der Waals surface area (Å²) in [6.07, 6.45) is 1.38. The smallest absolute Gasteiger partial charge is 0.257 e. The maximum atomic E-state index is 12.9. The summed E-state index contributed by atoms with van der Waals surface area (Å²) in [6, 6.07) is 5.18. The number of carbonyl (C=O) groups excluding carboxylic acids is 1. The summed E-state index contributed by atoms with van der Waals surface area (Å²) >= 11 is 11.8. The molecule has 2 rings (SSSR count). The first-order valence-electron chi connectivity index (χ1n) is 5.61. The molecule has 0 bridgehead atoms. The zero-order valence-corrected chi connectivity index (χ0v) is 11.9. The summed E-state index contributed by atoms with van der Waals surface area (Å²) in [4.78, 5) is 16.0. The standard InChI is InChI=1S/C13H10Cl2FN3O/c1-17-12-10(15)4-7(6-18-12)13(20)19-11-3-2-8(16)5-9(11)14/h2-6H,1H3,(H,17,18)(H,19,20). The van der Waals surface area contributed by atoms with Gasteiger partial charge in [0.2, 0.25) is 0 Å². The van der Waals surface area contributed by atoms with E-state index in [0.717, 1.165) is 6.07 Å². The van der Waals surface area contributed by atoms with Gasteiger partial charge in [0.05, 0.1) is 21.3 Å². The fourth-order valence-electron chi connectivity index (χ4n) is 1.53. The minimum atomic E-state index is -0.476. The van der Waals surface area contributed by atoms with Crippen LogP contribution < -0.4 is 10.6 Å². The number of hydrogen-bond donors (Lipinski definition) is 2. The summed E-state index contributed by atoms with van der Waals surface area (Å²) < 4.78 is 12.9. The van der Waals surface area contributed by atoms with Crippen molar-refractivity contribution < 1.29 is 9.18 Å². The first-order chi connectivity index (χ1) is 9.51. The van der Waals surface area contributed by atoms with Crippen LogP contribution in [0.25, 0.3) is 0 Å². The molecular formula is C13H10Cl2FN3O. The van der Waals surface area contributed by atoms with Gasteiger partial charge in [0.25, 0.3) is 5.91 Å². The van der Waals surface area contributed by atoms with E-state index in [0.29, 0.717) is 16.5 Å². The fraction of sp³-hybridized carbons (Fsp3) is 0.0769. The Labute approximate surface area is 124 Å². The second kappa shape index (κ2) is 6.07. The van der Waals surface area contributed by atoms with Crippen LogP contribution >= 0.6 is 23.2 Å². The Bertz CT molecular complexity index is 664. The molecule has 2 aromatic rings. The van der Waals surface area contributed by atoms with Crippen LogP contribution in [-0.4, -0.2) is 17.9 Å². The Kier molecular flexibility index (Phi) is 4.42. The molecule has 7 heteroatoms. The van der Waals surface area contributed by atoms with Crippen molar-refractivity contribution in [3.8, 4) is 0 Å². The number of aromatic nitrogens is 1. The SMILES string of the molecule is CNc1ncc(C(=O)Nc2ccc(F)cc2Cl)cc1Cl. The lowest BCUT2D eigenvalue weighted by Crippen LogP contribution is -2.13. The maximum Gasteiger partial charge on any atom is 0.257 e. The highest BCUT2D eigenvalue weighted by Gasteiger charge is 2.11. The summed E-state index contributed by atoms with van der Waals surface area (Å²) in [6.45, 7) is 0. The number of pyridine rings is 1. The molecule has 1 heterocycles. The van der Waals surface area contributed by atoms with Crippen LogP contribution in [0, 0.1) is 5.82 Å². The zero-order chi connectivity index (χ0) is 14.7. The van der Waals surface area contributed by atoms with Crippen LogP contribution in [0.2, 0.25) is 10.0 Å². The number of benzene rings is 1. The van der Waals surface area contributed by atoms with Crippen molar-refractivity contribution >= 4 is 40.6 Å². The van der Waals surface area contributed by atoms with E-state index in [1.807, 2.05) is 0 Å². The van der Waals surface area contributed by atoms with Crippen LogP contribution in [-0.2, 0) is 0 Å². The van der Waals surface area contributed by atoms with Gasteiger partial charge in [-0.1, -0.05) is 23.2 Å². The number of carbonyl (C=O) groups is 1. The highest BCUT2D eigenvalue weighted by Crippen LogP contribution is 2.24. The molecule has 1 aromatic carbocycles. The molecule has 1 aromatic heterocycles. The predicted octanol–water partition coefficient (Wildman–Crippen LogP) is 3.82. The molecule has 0 aliphatic rings. The lowest BCUT2D eigenvalue weighted by atomic mass is 10.2. The lowest BCUT2D eigenvalue weighted by Gasteiger charge is -2.08. The van der Waals surface area contributed by atoms with Crippen LogP contribution in [0.1, 0.15) is 10.4 Å². The van der Waals surface area contributed by atoms with Crippen LogP contribution in [0.3, 0.4) is 0 Å². The zero-order valence-electron chi connectivity index (χ0n) is 10.4. The second-order valence-electron chi connectivity index (χ2n) is 3.88. The largest absolute Gasteiger partial charge is 0.372 e. The van der Waals surface area contributed by atoms with E-state index < -0.39 is 11.7 Å². The van der Waals surface area contributed by atoms with E-state index in [2.05, 4.69) is 15.6 Å². The first kappa shape index (κ1) is 14.6. The normalized spacial score (nSPS) is 10.2. The van der Waals surface area contributed by atoms with Crippen molar-refractivity contribution in [1.82, 2.24) is 4.98 Å². The Morgan fingerprint density at radius 2 is 2.00 bits per heavy atom. The molecule has 0 saturated heterocycles. The summed E-state index contributed by atoms with van der Waals surface area (Å²) in [7, 11) is 1.67. The number of rotatable bonds is 3. The Hall–Kier alpha value is -1.85. The van der Waals surface area contributed by atoms with Gasteiger partial charge >= 0.3 is 0 Å². The van der Waals surface area contributed by atoms with E-state index in [9.17, 15) is 9.18 Å². The average molecular weight is 314 g/mol. The topological polar surface area (TPSA) is 54.0 Å². The van der Waals surface area contributed by atoms with Crippen molar-refractivity contribution in [1.29, 1.82) is 0 Å². The molecular weight excluding hydrogens is 304 g/mol. The van der Waals surface area contributed by atoms with Crippen LogP contribution in [0.15, 0.2) is 30.5 Å². The van der Waals surface area contributed by atoms with Gasteiger partial charge < -0.3 is 10.6 Å². The predicted molar refractivity (Wildman–Crippen MR) is 78.2 cm³/mol. The van der Waals surface area contributed by atoms with Crippen molar-refractivity contribution in [2.24, 2.45) is 0 Å².